The molecule has 0 radical (unpaired) electrons. The number of carbonyl (C=O) groups is 1. The first kappa shape index (κ1) is 95.5. The number of nitrogens with zero attached hydrogens (tertiary/aromatic N) is 9. The number of anilines is 3. The second-order valence-electron chi connectivity index (χ2n) is 30.2. The van der Waals surface area contributed by atoms with Crippen LogP contribution in [0, 0.1) is 23.7 Å². The number of thiol groups is 3. The number of imidazole rings is 1. The van der Waals surface area contributed by atoms with Gasteiger partial charge in [0.05, 0.1) is 108 Å². The van der Waals surface area contributed by atoms with Crippen LogP contribution in [-0.4, -0.2) is 216 Å². The molecule has 55 heteroatoms. The number of fused-ring (bicyclic) bond motifs is 1. The van der Waals surface area contributed by atoms with Crippen LogP contribution >= 0.6 is 78.7 Å². The number of nitrogens with one attached hydrogen (secondary N) is 4. The van der Waals surface area contributed by atoms with Gasteiger partial charge in [-0.25, -0.2) is 33.3 Å². The highest BCUT2D eigenvalue weighted by Crippen LogP contribution is 2.61. The van der Waals surface area contributed by atoms with Gasteiger partial charge >= 0.3 is 43.1 Å². The number of halogens is 1. The summed E-state index contributed by atoms with van der Waals surface area (Å²) in [5.41, 5.74) is 13.6. The predicted octanol–water partition coefficient (Wildman–Crippen LogP) is 3.26. The average molecular weight is 1930 g/mol. The van der Waals surface area contributed by atoms with E-state index in [1.54, 1.807) is 0 Å². The Morgan fingerprint density at radius 1 is 0.600 bits per heavy atom. The lowest BCUT2D eigenvalue weighted by Crippen LogP contribution is -2.35. The Morgan fingerprint density at radius 3 is 1.67 bits per heavy atom. The lowest BCUT2D eigenvalue weighted by atomic mass is 9.89. The van der Waals surface area contributed by atoms with Gasteiger partial charge in [0, 0.05) is 74.4 Å². The first-order chi connectivity index (χ1) is 56.6. The number of aryl methyl sites for hydroxylation is 1. The molecule has 6 aromatic heterocycles. The third-order valence-corrected chi connectivity index (χ3v) is 27.9. The van der Waals surface area contributed by atoms with Crippen molar-refractivity contribution in [3.8, 4) is 0 Å². The number of nitrogens with two attached hydrogens (primary N) is 4. The van der Waals surface area contributed by atoms with E-state index in [0.717, 1.165) is 13.7 Å². The second-order valence-corrected chi connectivity index (χ2v) is 45.0. The summed E-state index contributed by atoms with van der Waals surface area (Å²) in [6.45, 7) is -3.33. The number of amides is 1. The van der Waals surface area contributed by atoms with Gasteiger partial charge in [0.1, 0.15) is 79.4 Å². The number of aromatic amines is 3. The van der Waals surface area contributed by atoms with Crippen LogP contribution in [-0.2, 0) is 116 Å². The number of ether oxygens (including phenoxy) is 8. The molecule has 11 rings (SSSR count). The predicted molar refractivity (Wildman–Crippen MR) is 449 cm³/mol. The van der Waals surface area contributed by atoms with Crippen LogP contribution in [0.3, 0.4) is 0 Å². The van der Waals surface area contributed by atoms with Gasteiger partial charge in [-0.3, -0.25) is 75.1 Å². The fourth-order valence-corrected chi connectivity index (χ4v) is 20.8. The monoisotopic (exact) mass is 1930 g/mol. The standard InChI is InChI=1S/C65H96BrN17O28P4S5/c1-34-17-49(79-10-7-46(68)73-60(79)89)104-42(34)26-101-114(118,98-16-15-96-14-13-95-12-9-71-48(85)22-64(3,4)31-97-32-65(5,6)30-67)110-39-20-51(81-23-35(2)56(86)77-62(81)91)106-43(39)27-99-113(94,117)109-38-19-53(83-33-72-54-55(83)75-59(70)76-58(54)88)107-45(38)29-102-115(119,120)111-40-21-50(80-11-8-47(69)74-61(80)90)105-44(40)28-100-112(93,116)108-37-18-52(103-41(37)25-84)82-24-36(66)57(87)78-63(82)92/h7-8,10-11,23-24,33-34,37-45,49-53,84H,9,12-22,25-32,67H2,1-6H3,(H,71,85)(H,93,116)(H,94,117)(H,119,120)(H2,68,73,89)(H2,69,74,90)(H,77,86,91)(H,78,87,92)(H3,70,75,76,88)/t34?,37?,38?,39?,40?,41-,42-,43-,44-,45-,49-,50-,51-,52-,53-,112?,113?,114?/m1/s1. The summed E-state index contributed by atoms with van der Waals surface area (Å²) in [5.74, 6) is -0.786. The van der Waals surface area contributed by atoms with Gasteiger partial charge in [0.2, 0.25) is 17.5 Å². The fraction of sp³-hybridized carbons (Fsp3) is 0.662. The van der Waals surface area contributed by atoms with Crippen molar-refractivity contribution < 1.29 is 97.6 Å². The maximum absolute atomic E-state index is 15.0. The van der Waals surface area contributed by atoms with E-state index >= 15 is 4.57 Å². The number of rotatable bonds is 43. The molecule has 5 aliphatic heterocycles. The Kier molecular flexibility index (Phi) is 32.7. The molecule has 0 bridgehead atoms. The Balaban J connectivity index is 0.780. The molecule has 11 heterocycles. The SMILES string of the molecule is Cc1cn([C@H]2CC(OP(=S)(OCCOCCOCCNC(=O)CC(C)(C)COCC(C)(C)CN)OC[C@H]3O[C@@H](n4ccc(N)nc4=O)CC3C)[C@@H](COP(=O)(S)OC3C[C@H](n4cnc5c(=O)[nH]c(N)nc54)O[C@@H]3COP(=S)(S)OC3C[C@H](n4ccc(N)nc4=O)O[C@@H]3COP(=O)(S)OC3C[C@H](n4cc(Br)c(=O)[nH]c4=O)O[C@@H]3CO)O2)c(=O)[nH]c1=O. The average Bonchev–Trinajstić information content (AvgIpc) is 1.59. The van der Waals surface area contributed by atoms with Crippen molar-refractivity contribution in [1.29, 1.82) is 0 Å². The highest BCUT2D eigenvalue weighted by molar-refractivity contribution is 9.10. The topological polar surface area (TPSA) is 588 Å². The van der Waals surface area contributed by atoms with E-state index < -0.39 is 183 Å². The number of hydrogen-bond acceptors (Lipinski definition) is 38. The summed E-state index contributed by atoms with van der Waals surface area (Å²) >= 11 is 28.5. The number of aliphatic hydroxyl groups is 1. The zero-order valence-electron chi connectivity index (χ0n) is 65.5. The van der Waals surface area contributed by atoms with E-state index in [9.17, 15) is 48.0 Å². The molecule has 666 valence electrons. The van der Waals surface area contributed by atoms with Gasteiger partial charge in [0.25, 0.3) is 16.7 Å². The first-order valence-electron chi connectivity index (χ1n) is 37.4. The van der Waals surface area contributed by atoms with Gasteiger partial charge in [-0.1, -0.05) is 71.4 Å². The molecule has 0 aromatic carbocycles. The molecular weight excluding hydrogens is 1830 g/mol. The van der Waals surface area contributed by atoms with Crippen LogP contribution in [0.2, 0.25) is 0 Å². The molecule has 0 aliphatic carbocycles. The summed E-state index contributed by atoms with van der Waals surface area (Å²) in [4.78, 5) is 126. The Morgan fingerprint density at radius 2 is 1.08 bits per heavy atom. The van der Waals surface area contributed by atoms with Gasteiger partial charge < -0.3 is 93.9 Å². The molecule has 19 atom stereocenters. The lowest BCUT2D eigenvalue weighted by Gasteiger charge is -2.29. The number of hydrogen-bond donors (Lipinski definition) is 12. The van der Waals surface area contributed by atoms with Crippen molar-refractivity contribution >= 4 is 137 Å². The van der Waals surface area contributed by atoms with Gasteiger partial charge in [-0.05, 0) is 82.9 Å². The van der Waals surface area contributed by atoms with Crippen molar-refractivity contribution in [2.75, 3.05) is 110 Å². The fourth-order valence-electron chi connectivity index (χ4n) is 13.2. The quantitative estimate of drug-likeness (QED) is 0.0148. The number of H-pyrrole nitrogens is 3. The zero-order valence-corrected chi connectivity index (χ0v) is 75.0. The van der Waals surface area contributed by atoms with Crippen LogP contribution in [0.15, 0.2) is 81.3 Å². The molecule has 13 N–H and O–H groups in total. The largest absolute Gasteiger partial charge is 0.394 e. The summed E-state index contributed by atoms with van der Waals surface area (Å²) in [5, 5.41) is 13.1. The van der Waals surface area contributed by atoms with E-state index in [1.807, 2.05) is 34.6 Å². The molecule has 6 aromatic rings. The smallest absolute Gasteiger partial charge is 0.386 e. The maximum Gasteiger partial charge on any atom is 0.386 e. The van der Waals surface area contributed by atoms with Crippen molar-refractivity contribution in [2.45, 2.75) is 166 Å². The second kappa shape index (κ2) is 41.1. The van der Waals surface area contributed by atoms with Crippen LogP contribution in [0.4, 0.5) is 17.6 Å². The van der Waals surface area contributed by atoms with Crippen LogP contribution in [0.1, 0.15) is 110 Å². The van der Waals surface area contributed by atoms with Gasteiger partial charge in [-0.15, -0.1) is 0 Å². The Labute approximate surface area is 717 Å². The molecule has 0 saturated carbocycles. The lowest BCUT2D eigenvalue weighted by molar-refractivity contribution is -0.124. The molecule has 0 spiro atoms. The highest BCUT2D eigenvalue weighted by Gasteiger charge is 2.49. The molecule has 1 amide bonds. The Hall–Kier alpha value is -5.13. The van der Waals surface area contributed by atoms with Crippen molar-refractivity contribution in [3.63, 3.8) is 0 Å². The molecule has 120 heavy (non-hydrogen) atoms. The summed E-state index contributed by atoms with van der Waals surface area (Å²) in [6.07, 6.45) is -10.1. The van der Waals surface area contributed by atoms with E-state index in [4.69, 9.17) is 125 Å². The van der Waals surface area contributed by atoms with Crippen LogP contribution in [0.5, 0.6) is 0 Å². The molecule has 9 unspecified atom stereocenters. The van der Waals surface area contributed by atoms with Crippen molar-refractivity contribution in [2.24, 2.45) is 22.5 Å². The minimum absolute atomic E-state index is 0.00740. The highest BCUT2D eigenvalue weighted by atomic mass is 79.9. The van der Waals surface area contributed by atoms with Crippen molar-refractivity contribution in [1.82, 2.24) is 63.0 Å². The van der Waals surface area contributed by atoms with Crippen LogP contribution < -0.4 is 67.7 Å². The number of aromatic nitrogens is 12. The molecule has 5 saturated heterocycles. The minimum atomic E-state index is -4.74. The molecule has 5 aliphatic rings. The summed E-state index contributed by atoms with van der Waals surface area (Å²) < 4.78 is 140. The van der Waals surface area contributed by atoms with Gasteiger partial charge in [-0.2, -0.15) is 15.0 Å². The summed E-state index contributed by atoms with van der Waals surface area (Å²) in [6, 6.07) is 2.79. The molecular formula is C65H96BrN17O28P4S5. The van der Waals surface area contributed by atoms with E-state index in [-0.39, 0.29) is 134 Å². The number of aliphatic hydroxyl groups excluding tert-OH is 1. The van der Waals surface area contributed by atoms with Crippen LogP contribution in [0.25, 0.3) is 11.2 Å². The molecule has 5 fully saturated rings. The van der Waals surface area contributed by atoms with E-state index in [0.29, 0.717) is 26.2 Å². The zero-order chi connectivity index (χ0) is 87.0. The first-order valence-corrected chi connectivity index (χ1v) is 50.0. The van der Waals surface area contributed by atoms with Gasteiger partial charge in [0.15, 0.2) is 11.2 Å². The normalized spacial score (nSPS) is 26.8. The Bertz CT molecular complexity index is 5260. The third-order valence-electron chi connectivity index (χ3n) is 19.5. The minimum Gasteiger partial charge on any atom is -0.394 e. The number of carbonyl (C=O) groups excluding carboxylic acids is 1. The maximum atomic E-state index is 15.0. The third kappa shape index (κ3) is 25.8. The summed E-state index contributed by atoms with van der Waals surface area (Å²) in [7, 11) is 0. The van der Waals surface area contributed by atoms with E-state index in [2.05, 4.69) is 92.9 Å². The van der Waals surface area contributed by atoms with Crippen molar-refractivity contribution in [3.05, 3.63) is 126 Å². The molecule has 45 nitrogen and oxygen atoms in total. The number of nitrogen functional groups attached to an aromatic ring is 3. The van der Waals surface area contributed by atoms with E-state index in [1.165, 1.54) is 59.3 Å².